The SMILES string of the molecule is CP1OC(C)(C)[C@@H]2OC3(CCCC3)O[C@H]2C(C)(C)O1. The average Bonchev–Trinajstić information content (AvgIpc) is 2.84. The summed E-state index contributed by atoms with van der Waals surface area (Å²) in [6.45, 7) is 10.4. The molecule has 110 valence electrons. The van der Waals surface area contributed by atoms with Gasteiger partial charge in [0.25, 0.3) is 0 Å². The van der Waals surface area contributed by atoms with Crippen LogP contribution in [0.3, 0.4) is 0 Å². The summed E-state index contributed by atoms with van der Waals surface area (Å²) in [5.74, 6) is -0.384. The molecular weight excluding hydrogens is 263 g/mol. The lowest BCUT2D eigenvalue weighted by Crippen LogP contribution is -2.50. The Morgan fingerprint density at radius 1 is 0.842 bits per heavy atom. The van der Waals surface area contributed by atoms with E-state index in [2.05, 4.69) is 27.7 Å². The van der Waals surface area contributed by atoms with Crippen molar-refractivity contribution in [2.24, 2.45) is 0 Å². The Hall–Kier alpha value is 0.270. The molecule has 0 amide bonds. The van der Waals surface area contributed by atoms with Gasteiger partial charge in [0.15, 0.2) is 14.2 Å². The summed E-state index contributed by atoms with van der Waals surface area (Å²) in [5, 5.41) is 0. The number of ether oxygens (including phenoxy) is 2. The molecule has 0 radical (unpaired) electrons. The first kappa shape index (κ1) is 14.2. The molecule has 0 aromatic rings. The standard InChI is InChI=1S/C14H25O4P/c1-12(2)10-11(13(3,4)18-19(5)17-12)16-14(15-10)8-6-7-9-14/h10-11H,6-9H2,1-5H3/t10-,11-/m1/s1. The second-order valence-electron chi connectivity index (χ2n) is 7.02. The molecule has 1 aliphatic carbocycles. The van der Waals surface area contributed by atoms with Gasteiger partial charge in [-0.15, -0.1) is 0 Å². The van der Waals surface area contributed by atoms with Gasteiger partial charge in [0.05, 0.1) is 11.2 Å². The average molecular weight is 288 g/mol. The van der Waals surface area contributed by atoms with Crippen molar-refractivity contribution in [3.8, 4) is 0 Å². The van der Waals surface area contributed by atoms with Crippen molar-refractivity contribution >= 4 is 8.38 Å². The summed E-state index contributed by atoms with van der Waals surface area (Å²) >= 11 is 0. The fraction of sp³-hybridized carbons (Fsp3) is 1.00. The molecule has 2 saturated heterocycles. The molecule has 1 saturated carbocycles. The Morgan fingerprint density at radius 3 is 1.68 bits per heavy atom. The van der Waals surface area contributed by atoms with Crippen molar-refractivity contribution in [2.45, 2.75) is 82.6 Å². The van der Waals surface area contributed by atoms with Crippen LogP contribution < -0.4 is 0 Å². The van der Waals surface area contributed by atoms with Gasteiger partial charge in [0.1, 0.15) is 12.2 Å². The van der Waals surface area contributed by atoms with Crippen LogP contribution in [0.1, 0.15) is 53.4 Å². The van der Waals surface area contributed by atoms with Crippen LogP contribution >= 0.6 is 8.38 Å². The van der Waals surface area contributed by atoms with E-state index >= 15 is 0 Å². The van der Waals surface area contributed by atoms with Crippen LogP contribution in [0.2, 0.25) is 0 Å². The maximum Gasteiger partial charge on any atom is 0.169 e. The predicted octanol–water partition coefficient (Wildman–Crippen LogP) is 3.59. The summed E-state index contributed by atoms with van der Waals surface area (Å²) in [7, 11) is -0.903. The zero-order valence-corrected chi connectivity index (χ0v) is 13.5. The third-order valence-corrected chi connectivity index (χ3v) is 5.88. The number of fused-ring (bicyclic) bond motifs is 1. The Bertz CT molecular complexity index is 334. The lowest BCUT2D eigenvalue weighted by molar-refractivity contribution is -0.192. The first-order valence-electron chi connectivity index (χ1n) is 7.22. The highest BCUT2D eigenvalue weighted by Crippen LogP contribution is 2.56. The highest BCUT2D eigenvalue weighted by Gasteiger charge is 2.61. The van der Waals surface area contributed by atoms with Crippen LogP contribution in [0.4, 0.5) is 0 Å². The fourth-order valence-corrected chi connectivity index (χ4v) is 5.13. The normalized spacial score (nSPS) is 40.3. The zero-order chi connectivity index (χ0) is 13.9. The molecule has 2 atom stereocenters. The van der Waals surface area contributed by atoms with E-state index in [1.807, 2.05) is 6.66 Å². The highest BCUT2D eigenvalue weighted by molar-refractivity contribution is 7.46. The summed E-state index contributed by atoms with van der Waals surface area (Å²) in [4.78, 5) is 0. The predicted molar refractivity (Wildman–Crippen MR) is 74.1 cm³/mol. The maximum atomic E-state index is 6.38. The minimum Gasteiger partial charge on any atom is -0.341 e. The van der Waals surface area contributed by atoms with E-state index in [4.69, 9.17) is 18.5 Å². The van der Waals surface area contributed by atoms with Crippen LogP contribution in [0.15, 0.2) is 0 Å². The monoisotopic (exact) mass is 288 g/mol. The second kappa shape index (κ2) is 4.38. The van der Waals surface area contributed by atoms with Crippen molar-refractivity contribution < 1.29 is 18.5 Å². The molecule has 0 bridgehead atoms. The topological polar surface area (TPSA) is 36.9 Å². The largest absolute Gasteiger partial charge is 0.341 e. The van der Waals surface area contributed by atoms with Crippen molar-refractivity contribution in [3.05, 3.63) is 0 Å². The van der Waals surface area contributed by atoms with Crippen LogP contribution in [0.5, 0.6) is 0 Å². The van der Waals surface area contributed by atoms with E-state index in [9.17, 15) is 0 Å². The van der Waals surface area contributed by atoms with Crippen molar-refractivity contribution in [1.82, 2.24) is 0 Å². The molecule has 0 unspecified atom stereocenters. The van der Waals surface area contributed by atoms with Gasteiger partial charge in [-0.3, -0.25) is 0 Å². The van der Waals surface area contributed by atoms with E-state index < -0.39 is 8.38 Å². The molecule has 3 fully saturated rings. The molecule has 4 nitrogen and oxygen atoms in total. The molecule has 3 rings (SSSR count). The lowest BCUT2D eigenvalue weighted by Gasteiger charge is -2.33. The van der Waals surface area contributed by atoms with Crippen molar-refractivity contribution in [3.63, 3.8) is 0 Å². The molecule has 1 spiro atoms. The van der Waals surface area contributed by atoms with Gasteiger partial charge in [-0.05, 0) is 40.5 Å². The van der Waals surface area contributed by atoms with Gasteiger partial charge in [0.2, 0.25) is 0 Å². The maximum absolute atomic E-state index is 6.38. The summed E-state index contributed by atoms with van der Waals surface area (Å²) in [6.07, 6.45) is 4.23. The van der Waals surface area contributed by atoms with Gasteiger partial charge >= 0.3 is 0 Å². The molecular formula is C14H25O4P. The molecule has 0 aromatic heterocycles. The molecule has 0 N–H and O–H groups in total. The minimum atomic E-state index is -0.903. The van der Waals surface area contributed by atoms with Gasteiger partial charge in [-0.2, -0.15) is 0 Å². The first-order valence-corrected chi connectivity index (χ1v) is 8.84. The Balaban J connectivity index is 1.93. The molecule has 2 aliphatic heterocycles. The second-order valence-corrected chi connectivity index (χ2v) is 8.27. The molecule has 5 heteroatoms. The van der Waals surface area contributed by atoms with Gasteiger partial charge in [0, 0.05) is 19.5 Å². The fourth-order valence-electron chi connectivity index (χ4n) is 3.56. The van der Waals surface area contributed by atoms with Crippen LogP contribution in [-0.2, 0) is 18.5 Å². The Labute approximate surface area is 117 Å². The zero-order valence-electron chi connectivity index (χ0n) is 12.6. The molecule has 19 heavy (non-hydrogen) atoms. The molecule has 2 heterocycles. The van der Waals surface area contributed by atoms with Crippen LogP contribution in [0.25, 0.3) is 0 Å². The molecule has 0 aromatic carbocycles. The van der Waals surface area contributed by atoms with E-state index in [-0.39, 0.29) is 29.2 Å². The number of rotatable bonds is 0. The minimum absolute atomic E-state index is 0.0620. The summed E-state index contributed by atoms with van der Waals surface area (Å²) in [6, 6.07) is 0. The first-order chi connectivity index (χ1) is 8.74. The van der Waals surface area contributed by atoms with Crippen molar-refractivity contribution in [2.75, 3.05) is 6.66 Å². The van der Waals surface area contributed by atoms with Gasteiger partial charge < -0.3 is 18.5 Å². The quantitative estimate of drug-likeness (QED) is 0.638. The van der Waals surface area contributed by atoms with E-state index in [0.717, 1.165) is 12.8 Å². The number of hydrogen-bond acceptors (Lipinski definition) is 4. The highest BCUT2D eigenvalue weighted by atomic mass is 31.2. The Morgan fingerprint density at radius 2 is 1.26 bits per heavy atom. The van der Waals surface area contributed by atoms with Crippen LogP contribution in [0, 0.1) is 0 Å². The van der Waals surface area contributed by atoms with Crippen LogP contribution in [-0.4, -0.2) is 35.9 Å². The van der Waals surface area contributed by atoms with Crippen molar-refractivity contribution in [1.29, 1.82) is 0 Å². The lowest BCUT2D eigenvalue weighted by atomic mass is 9.88. The summed E-state index contributed by atoms with van der Waals surface area (Å²) in [5.41, 5.74) is -0.740. The third kappa shape index (κ3) is 2.36. The summed E-state index contributed by atoms with van der Waals surface area (Å²) < 4.78 is 24.9. The van der Waals surface area contributed by atoms with E-state index in [1.165, 1.54) is 12.8 Å². The smallest absolute Gasteiger partial charge is 0.169 e. The van der Waals surface area contributed by atoms with E-state index in [1.54, 1.807) is 0 Å². The third-order valence-electron chi connectivity index (χ3n) is 4.42. The van der Waals surface area contributed by atoms with Gasteiger partial charge in [-0.25, -0.2) is 0 Å². The molecule has 3 aliphatic rings. The van der Waals surface area contributed by atoms with E-state index in [0.29, 0.717) is 0 Å². The van der Waals surface area contributed by atoms with Gasteiger partial charge in [-0.1, -0.05) is 0 Å². The number of hydrogen-bond donors (Lipinski definition) is 0. The Kier molecular flexibility index (Phi) is 3.28.